The van der Waals surface area contributed by atoms with Crippen LogP contribution < -0.4 is 9.62 Å². The fraction of sp³-hybridized carbons (Fsp3) is 0.429. The van der Waals surface area contributed by atoms with E-state index in [4.69, 9.17) is 4.74 Å². The molecule has 1 N–H and O–H groups in total. The molecule has 23 heavy (non-hydrogen) atoms. The molecule has 0 aliphatic carbocycles. The predicted octanol–water partition coefficient (Wildman–Crippen LogP) is 1.62. The van der Waals surface area contributed by atoms with Crippen molar-refractivity contribution in [3.05, 3.63) is 28.7 Å². The summed E-state index contributed by atoms with van der Waals surface area (Å²) >= 11 is 3.17. The summed E-state index contributed by atoms with van der Waals surface area (Å²) in [6.07, 6.45) is 2.96. The van der Waals surface area contributed by atoms with Gasteiger partial charge in [-0.15, -0.1) is 0 Å². The largest absolute Gasteiger partial charge is 0.373 e. The molecule has 124 valence electrons. The summed E-state index contributed by atoms with van der Waals surface area (Å²) < 4.78 is 34.0. The monoisotopic (exact) mass is 402 g/mol. The third kappa shape index (κ3) is 3.85. The molecule has 0 bridgehead atoms. The zero-order valence-electron chi connectivity index (χ0n) is 12.5. The molecule has 9 heteroatoms. The van der Waals surface area contributed by atoms with Gasteiger partial charge in [-0.1, -0.05) is 0 Å². The van der Waals surface area contributed by atoms with Crippen LogP contribution in [0.1, 0.15) is 0 Å². The molecule has 6 nitrogen and oxygen atoms in total. The van der Waals surface area contributed by atoms with Gasteiger partial charge >= 0.3 is 0 Å². The van der Waals surface area contributed by atoms with Crippen molar-refractivity contribution in [3.63, 3.8) is 0 Å². The van der Waals surface area contributed by atoms with Crippen molar-refractivity contribution in [2.75, 3.05) is 37.4 Å². The van der Waals surface area contributed by atoms with Gasteiger partial charge in [0.15, 0.2) is 0 Å². The van der Waals surface area contributed by atoms with E-state index in [1.807, 2.05) is 4.90 Å². The molecule has 0 saturated carbocycles. The van der Waals surface area contributed by atoms with Gasteiger partial charge < -0.3 is 9.64 Å². The molecule has 3 rings (SSSR count). The number of anilines is 1. The second kappa shape index (κ2) is 7.16. The van der Waals surface area contributed by atoms with Crippen LogP contribution in [-0.4, -0.2) is 52.8 Å². The number of aromatic nitrogens is 2. The van der Waals surface area contributed by atoms with Crippen LogP contribution in [0.4, 0.5) is 10.2 Å². The highest BCUT2D eigenvalue weighted by Gasteiger charge is 2.23. The first kappa shape index (κ1) is 16.7. The molecule has 2 aromatic rings. The van der Waals surface area contributed by atoms with Gasteiger partial charge in [-0.2, -0.15) is 0 Å². The molecular weight excluding hydrogens is 387 g/mol. The van der Waals surface area contributed by atoms with Gasteiger partial charge in [0.25, 0.3) is 0 Å². The van der Waals surface area contributed by atoms with E-state index >= 15 is 0 Å². The molecule has 2 atom stereocenters. The van der Waals surface area contributed by atoms with E-state index in [1.165, 1.54) is 12.4 Å². The van der Waals surface area contributed by atoms with Crippen molar-refractivity contribution < 1.29 is 13.3 Å². The number of morpholine rings is 1. The van der Waals surface area contributed by atoms with E-state index in [1.54, 1.807) is 12.3 Å². The minimum Gasteiger partial charge on any atom is -0.373 e. The maximum absolute atomic E-state index is 13.9. The van der Waals surface area contributed by atoms with Gasteiger partial charge in [0.05, 0.1) is 33.7 Å². The minimum atomic E-state index is -1.08. The quantitative estimate of drug-likeness (QED) is 0.841. The Bertz CT molecular complexity index is 748. The van der Waals surface area contributed by atoms with Crippen molar-refractivity contribution in [1.29, 1.82) is 0 Å². The van der Waals surface area contributed by atoms with Crippen LogP contribution in [-0.2, 0) is 15.7 Å². The average molecular weight is 403 g/mol. The molecule has 1 aliphatic rings. The highest BCUT2D eigenvalue weighted by Crippen LogP contribution is 2.28. The van der Waals surface area contributed by atoms with Gasteiger partial charge in [-0.3, -0.25) is 0 Å². The van der Waals surface area contributed by atoms with Crippen molar-refractivity contribution in [2.45, 2.75) is 6.10 Å². The molecule has 1 saturated heterocycles. The van der Waals surface area contributed by atoms with E-state index in [0.29, 0.717) is 47.4 Å². The Kier molecular flexibility index (Phi) is 5.20. The van der Waals surface area contributed by atoms with Crippen LogP contribution in [0.15, 0.2) is 22.9 Å². The summed E-state index contributed by atoms with van der Waals surface area (Å²) in [7, 11) is -1.08. The Morgan fingerprint density at radius 1 is 1.52 bits per heavy atom. The Balaban J connectivity index is 1.87. The van der Waals surface area contributed by atoms with Crippen LogP contribution in [0.25, 0.3) is 10.9 Å². The number of benzene rings is 1. The Morgan fingerprint density at radius 3 is 3.13 bits per heavy atom. The lowest BCUT2D eigenvalue weighted by molar-refractivity contribution is 0.0443. The van der Waals surface area contributed by atoms with E-state index in [9.17, 15) is 8.60 Å². The standard InChI is InChI=1S/C14H16BrFN4O2S/c1-23(21)19-6-9-7-20(2-3-22-9)14-10-4-12(16)11(15)5-13(10)17-8-18-14/h4-5,8-9,19H,2-3,6-7H2,1H3. The maximum Gasteiger partial charge on any atom is 0.140 e. The fourth-order valence-electron chi connectivity index (χ4n) is 2.54. The second-order valence-corrected chi connectivity index (χ2v) is 7.27. The number of hydrogen-bond donors (Lipinski definition) is 1. The third-order valence-corrected chi connectivity index (χ3v) is 4.79. The number of ether oxygens (including phenoxy) is 1. The highest BCUT2D eigenvalue weighted by atomic mass is 79.9. The maximum atomic E-state index is 13.9. The molecule has 0 radical (unpaired) electrons. The van der Waals surface area contributed by atoms with Crippen LogP contribution in [0.5, 0.6) is 0 Å². The van der Waals surface area contributed by atoms with Gasteiger partial charge in [0.2, 0.25) is 0 Å². The summed E-state index contributed by atoms with van der Waals surface area (Å²) in [5, 5.41) is 0.667. The fourth-order valence-corrected chi connectivity index (χ4v) is 3.29. The van der Waals surface area contributed by atoms with Gasteiger partial charge in [0, 0.05) is 31.3 Å². The van der Waals surface area contributed by atoms with Gasteiger partial charge in [-0.25, -0.2) is 23.3 Å². The highest BCUT2D eigenvalue weighted by molar-refractivity contribution is 9.10. The minimum absolute atomic E-state index is 0.0991. The molecule has 2 heterocycles. The summed E-state index contributed by atoms with van der Waals surface area (Å²) in [6.45, 7) is 2.28. The first-order valence-corrected chi connectivity index (χ1v) is 9.43. The first-order valence-electron chi connectivity index (χ1n) is 7.08. The Hall–Kier alpha value is -1.16. The normalized spacial score (nSPS) is 20.0. The lowest BCUT2D eigenvalue weighted by atomic mass is 10.2. The summed E-state index contributed by atoms with van der Waals surface area (Å²) in [5.74, 6) is 0.341. The topological polar surface area (TPSA) is 67.4 Å². The van der Waals surface area contributed by atoms with Gasteiger partial charge in [0.1, 0.15) is 18.0 Å². The number of nitrogens with one attached hydrogen (secondary N) is 1. The summed E-state index contributed by atoms with van der Waals surface area (Å²) in [4.78, 5) is 10.6. The average Bonchev–Trinajstić information content (AvgIpc) is 2.54. The molecule has 1 aromatic heterocycles. The van der Waals surface area contributed by atoms with Crippen LogP contribution >= 0.6 is 15.9 Å². The third-order valence-electron chi connectivity index (χ3n) is 3.61. The number of fused-ring (bicyclic) bond motifs is 1. The lowest BCUT2D eigenvalue weighted by Crippen LogP contribution is -2.47. The van der Waals surface area contributed by atoms with Crippen molar-refractivity contribution >= 4 is 43.6 Å². The summed E-state index contributed by atoms with van der Waals surface area (Å²) in [5.41, 5.74) is 0.680. The zero-order valence-corrected chi connectivity index (χ0v) is 14.9. The SMILES string of the molecule is CS(=O)NCC1CN(c2ncnc3cc(Br)c(F)cc23)CCO1. The van der Waals surface area contributed by atoms with Crippen LogP contribution in [0, 0.1) is 5.82 Å². The predicted molar refractivity (Wildman–Crippen MR) is 91.2 cm³/mol. The lowest BCUT2D eigenvalue weighted by Gasteiger charge is -2.34. The molecule has 0 amide bonds. The number of hydrogen-bond acceptors (Lipinski definition) is 5. The second-order valence-electron chi connectivity index (χ2n) is 5.22. The number of nitrogens with zero attached hydrogens (tertiary/aromatic N) is 3. The van der Waals surface area contributed by atoms with Crippen molar-refractivity contribution in [2.24, 2.45) is 0 Å². The van der Waals surface area contributed by atoms with Crippen LogP contribution in [0.3, 0.4) is 0 Å². The Labute approximate surface area is 144 Å². The molecule has 1 fully saturated rings. The molecule has 0 spiro atoms. The number of halogens is 2. The molecule has 2 unspecified atom stereocenters. The number of rotatable bonds is 4. The molecule has 1 aliphatic heterocycles. The van der Waals surface area contributed by atoms with E-state index < -0.39 is 11.0 Å². The Morgan fingerprint density at radius 2 is 2.35 bits per heavy atom. The van der Waals surface area contributed by atoms with E-state index in [-0.39, 0.29) is 11.9 Å². The zero-order chi connectivity index (χ0) is 16.4. The van der Waals surface area contributed by atoms with Crippen molar-refractivity contribution in [1.82, 2.24) is 14.7 Å². The van der Waals surface area contributed by atoms with Crippen molar-refractivity contribution in [3.8, 4) is 0 Å². The first-order chi connectivity index (χ1) is 11.0. The van der Waals surface area contributed by atoms with E-state index in [0.717, 1.165) is 0 Å². The smallest absolute Gasteiger partial charge is 0.140 e. The van der Waals surface area contributed by atoms with E-state index in [2.05, 4.69) is 30.6 Å². The van der Waals surface area contributed by atoms with Gasteiger partial charge in [-0.05, 0) is 28.1 Å². The molecular formula is C14H16BrFN4O2S. The molecule has 1 aromatic carbocycles. The van der Waals surface area contributed by atoms with Crippen LogP contribution in [0.2, 0.25) is 0 Å². The summed E-state index contributed by atoms with van der Waals surface area (Å²) in [6, 6.07) is 3.09.